The highest BCUT2D eigenvalue weighted by atomic mass is 35.5. The Balaban J connectivity index is 2.28. The number of sulfonamides is 1. The first-order chi connectivity index (χ1) is 9.04. The van der Waals surface area contributed by atoms with Crippen molar-refractivity contribution in [3.05, 3.63) is 51.7 Å². The molecule has 2 aromatic rings. The zero-order chi connectivity index (χ0) is 13.9. The smallest absolute Gasteiger partial charge is 0.207 e. The van der Waals surface area contributed by atoms with Gasteiger partial charge in [-0.05, 0) is 35.7 Å². The molecule has 102 valence electrons. The lowest BCUT2D eigenvalue weighted by Crippen LogP contribution is -2.30. The van der Waals surface area contributed by atoms with E-state index in [1.54, 1.807) is 23.5 Å². The van der Waals surface area contributed by atoms with Crippen molar-refractivity contribution in [2.24, 2.45) is 0 Å². The number of hydrogen-bond acceptors (Lipinski definition) is 3. The second kappa shape index (κ2) is 6.05. The number of hydrogen-bond donors (Lipinski definition) is 0. The third kappa shape index (κ3) is 3.36. The standard InChI is InChI=1S/C13H14ClNO2S2/c1-2-15(10-12-4-3-9-18-12)19(16,17)13-7-5-11(14)6-8-13/h3-9H,2,10H2,1H3. The number of nitrogens with zero attached hydrogens (tertiary/aromatic N) is 1. The predicted molar refractivity (Wildman–Crippen MR) is 79.0 cm³/mol. The van der Waals surface area contributed by atoms with Gasteiger partial charge in [0.15, 0.2) is 0 Å². The second-order valence-electron chi connectivity index (χ2n) is 3.96. The summed E-state index contributed by atoms with van der Waals surface area (Å²) in [6.45, 7) is 2.67. The summed E-state index contributed by atoms with van der Waals surface area (Å²) in [5, 5.41) is 2.47. The SMILES string of the molecule is CCN(Cc1cccs1)S(=O)(=O)c1ccc(Cl)cc1. The van der Waals surface area contributed by atoms with Crippen molar-refractivity contribution in [2.75, 3.05) is 6.54 Å². The van der Waals surface area contributed by atoms with Gasteiger partial charge in [0.2, 0.25) is 10.0 Å². The summed E-state index contributed by atoms with van der Waals surface area (Å²) >= 11 is 7.34. The Morgan fingerprint density at radius 1 is 1.21 bits per heavy atom. The minimum atomic E-state index is -3.46. The molecule has 0 aliphatic carbocycles. The fourth-order valence-corrected chi connectivity index (χ4v) is 4.05. The molecule has 1 aromatic heterocycles. The summed E-state index contributed by atoms with van der Waals surface area (Å²) in [6.07, 6.45) is 0. The van der Waals surface area contributed by atoms with E-state index in [1.165, 1.54) is 16.4 Å². The van der Waals surface area contributed by atoms with Crippen molar-refractivity contribution < 1.29 is 8.42 Å². The van der Waals surface area contributed by atoms with Crippen LogP contribution in [-0.2, 0) is 16.6 Å². The Hall–Kier alpha value is -0.880. The summed E-state index contributed by atoms with van der Waals surface area (Å²) in [5.41, 5.74) is 0. The molecule has 0 aliphatic rings. The summed E-state index contributed by atoms with van der Waals surface area (Å²) < 4.78 is 26.4. The topological polar surface area (TPSA) is 37.4 Å². The van der Waals surface area contributed by atoms with Crippen LogP contribution in [0.15, 0.2) is 46.7 Å². The molecule has 0 atom stereocenters. The fraction of sp³-hybridized carbons (Fsp3) is 0.231. The first-order valence-electron chi connectivity index (χ1n) is 5.82. The van der Waals surface area contributed by atoms with Gasteiger partial charge in [0.1, 0.15) is 0 Å². The summed E-state index contributed by atoms with van der Waals surface area (Å²) in [4.78, 5) is 1.30. The first-order valence-corrected chi connectivity index (χ1v) is 8.52. The lowest BCUT2D eigenvalue weighted by Gasteiger charge is -2.19. The Morgan fingerprint density at radius 2 is 1.89 bits per heavy atom. The van der Waals surface area contributed by atoms with Gasteiger partial charge in [-0.15, -0.1) is 11.3 Å². The molecule has 0 N–H and O–H groups in total. The van der Waals surface area contributed by atoms with E-state index in [0.717, 1.165) is 4.88 Å². The van der Waals surface area contributed by atoms with E-state index < -0.39 is 10.0 Å². The molecule has 2 rings (SSSR count). The van der Waals surface area contributed by atoms with Crippen LogP contribution in [0.1, 0.15) is 11.8 Å². The van der Waals surface area contributed by atoms with Crippen molar-refractivity contribution in [3.63, 3.8) is 0 Å². The zero-order valence-corrected chi connectivity index (χ0v) is 12.8. The Morgan fingerprint density at radius 3 is 2.42 bits per heavy atom. The molecule has 3 nitrogen and oxygen atoms in total. The van der Waals surface area contributed by atoms with Crippen molar-refractivity contribution in [1.29, 1.82) is 0 Å². The normalized spacial score (nSPS) is 11.9. The molecule has 0 spiro atoms. The Labute approximate surface area is 122 Å². The van der Waals surface area contributed by atoms with E-state index in [9.17, 15) is 8.42 Å². The molecule has 0 fully saturated rings. The molecule has 0 saturated carbocycles. The van der Waals surface area contributed by atoms with Crippen LogP contribution < -0.4 is 0 Å². The Kier molecular flexibility index (Phi) is 4.62. The molecule has 19 heavy (non-hydrogen) atoms. The Bertz CT molecular complexity index is 621. The van der Waals surface area contributed by atoms with Crippen LogP contribution in [0.2, 0.25) is 5.02 Å². The number of benzene rings is 1. The molecule has 0 saturated heterocycles. The maximum absolute atomic E-state index is 12.5. The van der Waals surface area contributed by atoms with Gasteiger partial charge in [0.25, 0.3) is 0 Å². The second-order valence-corrected chi connectivity index (χ2v) is 7.37. The minimum Gasteiger partial charge on any atom is -0.207 e. The van der Waals surface area contributed by atoms with Gasteiger partial charge >= 0.3 is 0 Å². The molecule has 6 heteroatoms. The molecule has 0 aliphatic heterocycles. The number of halogens is 1. The predicted octanol–water partition coefficient (Wildman–Crippen LogP) is 3.61. The van der Waals surface area contributed by atoms with E-state index in [-0.39, 0.29) is 4.90 Å². The average Bonchev–Trinajstić information content (AvgIpc) is 2.89. The molecule has 1 heterocycles. The highest BCUT2D eigenvalue weighted by Gasteiger charge is 2.23. The summed E-state index contributed by atoms with van der Waals surface area (Å²) in [6, 6.07) is 10.1. The number of rotatable bonds is 5. The van der Waals surface area contributed by atoms with Crippen LogP contribution in [0.5, 0.6) is 0 Å². The minimum absolute atomic E-state index is 0.273. The van der Waals surface area contributed by atoms with Crippen molar-refractivity contribution in [1.82, 2.24) is 4.31 Å². The van der Waals surface area contributed by atoms with E-state index in [0.29, 0.717) is 18.1 Å². The van der Waals surface area contributed by atoms with Crippen LogP contribution in [0.4, 0.5) is 0 Å². The lowest BCUT2D eigenvalue weighted by atomic mass is 10.4. The summed E-state index contributed by atoms with van der Waals surface area (Å²) in [5.74, 6) is 0. The third-order valence-corrected chi connectivity index (χ3v) is 5.76. The van der Waals surface area contributed by atoms with Gasteiger partial charge in [-0.2, -0.15) is 4.31 Å². The van der Waals surface area contributed by atoms with Gasteiger partial charge in [-0.3, -0.25) is 0 Å². The first kappa shape index (κ1) is 14.5. The van der Waals surface area contributed by atoms with Crippen molar-refractivity contribution in [2.45, 2.75) is 18.4 Å². The average molecular weight is 316 g/mol. The van der Waals surface area contributed by atoms with E-state index in [1.807, 2.05) is 24.4 Å². The maximum Gasteiger partial charge on any atom is 0.243 e. The molecule has 0 amide bonds. The molecule has 0 bridgehead atoms. The zero-order valence-electron chi connectivity index (χ0n) is 10.4. The highest BCUT2D eigenvalue weighted by molar-refractivity contribution is 7.89. The fourth-order valence-electron chi connectivity index (χ4n) is 1.70. The van der Waals surface area contributed by atoms with E-state index in [2.05, 4.69) is 0 Å². The maximum atomic E-state index is 12.5. The van der Waals surface area contributed by atoms with Gasteiger partial charge < -0.3 is 0 Å². The van der Waals surface area contributed by atoms with Gasteiger partial charge in [0.05, 0.1) is 4.90 Å². The number of thiophene rings is 1. The van der Waals surface area contributed by atoms with Crippen LogP contribution >= 0.6 is 22.9 Å². The van der Waals surface area contributed by atoms with Crippen molar-refractivity contribution in [3.8, 4) is 0 Å². The molecule has 1 aromatic carbocycles. The van der Waals surface area contributed by atoms with Crippen LogP contribution in [-0.4, -0.2) is 19.3 Å². The van der Waals surface area contributed by atoms with Crippen molar-refractivity contribution >= 4 is 33.0 Å². The largest absolute Gasteiger partial charge is 0.243 e. The van der Waals surface area contributed by atoms with Gasteiger partial charge in [-0.1, -0.05) is 24.6 Å². The monoisotopic (exact) mass is 315 g/mol. The van der Waals surface area contributed by atoms with Crippen LogP contribution in [0, 0.1) is 0 Å². The third-order valence-electron chi connectivity index (χ3n) is 2.72. The highest BCUT2D eigenvalue weighted by Crippen LogP contribution is 2.21. The molecule has 0 radical (unpaired) electrons. The van der Waals surface area contributed by atoms with Crippen LogP contribution in [0.25, 0.3) is 0 Å². The quantitative estimate of drug-likeness (QED) is 0.845. The van der Waals surface area contributed by atoms with E-state index in [4.69, 9.17) is 11.6 Å². The van der Waals surface area contributed by atoms with Gasteiger partial charge in [-0.25, -0.2) is 8.42 Å². The summed E-state index contributed by atoms with van der Waals surface area (Å²) in [7, 11) is -3.46. The van der Waals surface area contributed by atoms with Crippen LogP contribution in [0.3, 0.4) is 0 Å². The molecular weight excluding hydrogens is 302 g/mol. The molecule has 0 unspecified atom stereocenters. The van der Waals surface area contributed by atoms with Gasteiger partial charge in [0, 0.05) is 23.0 Å². The lowest BCUT2D eigenvalue weighted by molar-refractivity contribution is 0.426. The molecular formula is C13H14ClNO2S2. The van der Waals surface area contributed by atoms with E-state index >= 15 is 0 Å².